The lowest BCUT2D eigenvalue weighted by Gasteiger charge is -1.85. The highest BCUT2D eigenvalue weighted by Gasteiger charge is 1.85. The first-order valence-corrected chi connectivity index (χ1v) is 8.18. The van der Waals surface area contributed by atoms with Gasteiger partial charge in [-0.25, -0.2) is 0 Å². The number of halogens is 2. The lowest BCUT2D eigenvalue weighted by atomic mass is 10.2. The van der Waals surface area contributed by atoms with Gasteiger partial charge >= 0.3 is 0 Å². The molecule has 0 aliphatic heterocycles. The van der Waals surface area contributed by atoms with Crippen molar-refractivity contribution in [3.05, 3.63) is 35.9 Å². The van der Waals surface area contributed by atoms with E-state index < -0.39 is 0 Å². The predicted molar refractivity (Wildman–Crippen MR) is 95.9 cm³/mol. The van der Waals surface area contributed by atoms with Crippen molar-refractivity contribution in [1.29, 1.82) is 5.26 Å². The van der Waals surface area contributed by atoms with E-state index in [1.54, 1.807) is 6.07 Å². The first kappa shape index (κ1) is 22.4. The van der Waals surface area contributed by atoms with E-state index in [0.717, 1.165) is 1.93 Å². The molecule has 98 valence electrons. The average Bonchev–Trinajstić information content (AvgIpc) is 2.34. The SMILES string of the molecule is CC.CC#N.CCC(I)I.Cc1ccccc1. The van der Waals surface area contributed by atoms with E-state index in [-0.39, 0.29) is 0 Å². The molecular weight excluding hydrogens is 436 g/mol. The highest BCUT2D eigenvalue weighted by Crippen LogP contribution is 2.11. The summed E-state index contributed by atoms with van der Waals surface area (Å²) in [5.74, 6) is 0. The first-order chi connectivity index (χ1) is 8.08. The van der Waals surface area contributed by atoms with Crippen LogP contribution in [0.1, 0.15) is 39.7 Å². The van der Waals surface area contributed by atoms with Crippen molar-refractivity contribution in [1.82, 2.24) is 0 Å². The van der Waals surface area contributed by atoms with Crippen LogP contribution in [0, 0.1) is 18.3 Å². The van der Waals surface area contributed by atoms with Gasteiger partial charge in [0, 0.05) is 6.92 Å². The van der Waals surface area contributed by atoms with E-state index in [2.05, 4.69) is 71.2 Å². The molecule has 1 aromatic carbocycles. The predicted octanol–water partition coefficient (Wildman–Crippen LogP) is 6.14. The maximum Gasteiger partial charge on any atom is 0.0624 e. The summed E-state index contributed by atoms with van der Waals surface area (Å²) in [5, 5.41) is 7.32. The molecule has 0 amide bonds. The van der Waals surface area contributed by atoms with Gasteiger partial charge in [-0.2, -0.15) is 5.26 Å². The Morgan fingerprint density at radius 3 is 1.59 bits per heavy atom. The second-order valence-electron chi connectivity index (χ2n) is 2.68. The minimum atomic E-state index is 0.824. The Morgan fingerprint density at radius 1 is 1.18 bits per heavy atom. The molecule has 0 aliphatic carbocycles. The van der Waals surface area contributed by atoms with Crippen LogP contribution in [-0.2, 0) is 0 Å². The second kappa shape index (κ2) is 21.5. The molecule has 0 saturated heterocycles. The zero-order chi connectivity index (χ0) is 14.1. The summed E-state index contributed by atoms with van der Waals surface area (Å²) < 4.78 is 0.824. The summed E-state index contributed by atoms with van der Waals surface area (Å²) in [6, 6.07) is 12.0. The minimum Gasteiger partial charge on any atom is -0.199 e. The molecule has 0 radical (unpaired) electrons. The van der Waals surface area contributed by atoms with Crippen LogP contribution in [0.4, 0.5) is 0 Å². The molecule has 1 nitrogen and oxygen atoms in total. The van der Waals surface area contributed by atoms with Crippen molar-refractivity contribution >= 4 is 45.2 Å². The molecule has 0 heterocycles. The Morgan fingerprint density at radius 2 is 1.47 bits per heavy atom. The molecule has 0 spiro atoms. The fraction of sp³-hybridized carbons (Fsp3) is 0.500. The number of benzene rings is 1. The van der Waals surface area contributed by atoms with E-state index in [1.807, 2.05) is 32.0 Å². The van der Waals surface area contributed by atoms with E-state index in [4.69, 9.17) is 5.26 Å². The standard InChI is InChI=1S/C7H8.C3H6I2.C2H3N.C2H6/c1-7-5-3-2-4-6-7;1-2-3(4)5;1-2-3;1-2/h2-6H,1H3;3H,2H2,1H3;1H3;1-2H3. The van der Waals surface area contributed by atoms with Gasteiger partial charge in [0.1, 0.15) is 0 Å². The highest BCUT2D eigenvalue weighted by molar-refractivity contribution is 14.2. The van der Waals surface area contributed by atoms with Gasteiger partial charge in [0.15, 0.2) is 0 Å². The van der Waals surface area contributed by atoms with Crippen LogP contribution in [0.15, 0.2) is 30.3 Å². The third-order valence-corrected chi connectivity index (χ3v) is 3.01. The van der Waals surface area contributed by atoms with Crippen molar-refractivity contribution in [2.75, 3.05) is 0 Å². The fourth-order valence-corrected chi connectivity index (χ4v) is 0.534. The van der Waals surface area contributed by atoms with Crippen molar-refractivity contribution < 1.29 is 0 Å². The molecule has 0 aromatic heterocycles. The van der Waals surface area contributed by atoms with Gasteiger partial charge < -0.3 is 0 Å². The molecular formula is C14H23I2N. The Bertz CT molecular complexity index is 253. The summed E-state index contributed by atoms with van der Waals surface area (Å²) in [7, 11) is 0. The Kier molecular flexibility index (Phi) is 28.2. The van der Waals surface area contributed by atoms with Crippen LogP contribution >= 0.6 is 45.2 Å². The lowest BCUT2D eigenvalue weighted by Crippen LogP contribution is -1.72. The Labute approximate surface area is 134 Å². The number of hydrogen-bond donors (Lipinski definition) is 0. The molecule has 1 aromatic rings. The van der Waals surface area contributed by atoms with Crippen LogP contribution in [-0.4, -0.2) is 1.93 Å². The number of aryl methyl sites for hydroxylation is 1. The molecule has 0 unspecified atom stereocenters. The van der Waals surface area contributed by atoms with Gasteiger partial charge in [0.05, 0.1) is 8.00 Å². The molecule has 0 atom stereocenters. The second-order valence-corrected chi connectivity index (χ2v) is 8.07. The van der Waals surface area contributed by atoms with Gasteiger partial charge in [0.25, 0.3) is 0 Å². The van der Waals surface area contributed by atoms with Gasteiger partial charge in [-0.15, -0.1) is 0 Å². The topological polar surface area (TPSA) is 23.8 Å². The molecule has 0 bridgehead atoms. The molecule has 17 heavy (non-hydrogen) atoms. The average molecular weight is 459 g/mol. The van der Waals surface area contributed by atoms with Crippen molar-refractivity contribution in [3.63, 3.8) is 0 Å². The van der Waals surface area contributed by atoms with E-state index in [0.29, 0.717) is 0 Å². The molecule has 3 heteroatoms. The van der Waals surface area contributed by atoms with Crippen molar-refractivity contribution in [3.8, 4) is 6.07 Å². The quantitative estimate of drug-likeness (QED) is 0.366. The summed E-state index contributed by atoms with van der Waals surface area (Å²) in [4.78, 5) is 0. The molecule has 0 N–H and O–H groups in total. The van der Waals surface area contributed by atoms with E-state index in [9.17, 15) is 0 Å². The smallest absolute Gasteiger partial charge is 0.0624 e. The molecule has 0 saturated carbocycles. The van der Waals surface area contributed by atoms with Crippen LogP contribution in [0.5, 0.6) is 0 Å². The maximum atomic E-state index is 7.32. The number of nitriles is 1. The number of alkyl halides is 2. The summed E-state index contributed by atoms with van der Waals surface area (Å²) >= 11 is 4.79. The number of hydrogen-bond acceptors (Lipinski definition) is 1. The Hall–Kier alpha value is 0.170. The number of rotatable bonds is 1. The van der Waals surface area contributed by atoms with E-state index in [1.165, 1.54) is 18.9 Å². The fourth-order valence-electron chi connectivity index (χ4n) is 0.534. The normalized spacial score (nSPS) is 7.24. The van der Waals surface area contributed by atoms with Crippen molar-refractivity contribution in [2.45, 2.75) is 43.0 Å². The van der Waals surface area contributed by atoms with Crippen LogP contribution in [0.2, 0.25) is 0 Å². The molecule has 0 fully saturated rings. The number of nitrogens with zero attached hydrogens (tertiary/aromatic N) is 1. The zero-order valence-corrected chi connectivity index (χ0v) is 15.7. The zero-order valence-electron chi connectivity index (χ0n) is 11.4. The lowest BCUT2D eigenvalue weighted by molar-refractivity contribution is 1.11. The van der Waals surface area contributed by atoms with Gasteiger partial charge in [-0.1, -0.05) is 102 Å². The molecule has 0 aliphatic rings. The van der Waals surface area contributed by atoms with E-state index >= 15 is 0 Å². The minimum absolute atomic E-state index is 0.824. The summed E-state index contributed by atoms with van der Waals surface area (Å²) in [6.45, 7) is 9.70. The van der Waals surface area contributed by atoms with Gasteiger partial charge in [-0.05, 0) is 13.3 Å². The van der Waals surface area contributed by atoms with Gasteiger partial charge in [0.2, 0.25) is 0 Å². The Balaban J connectivity index is -0.000000174. The summed E-state index contributed by atoms with van der Waals surface area (Å²) in [5.41, 5.74) is 1.32. The maximum absolute atomic E-state index is 7.32. The molecule has 1 rings (SSSR count). The highest BCUT2D eigenvalue weighted by atomic mass is 127. The van der Waals surface area contributed by atoms with Gasteiger partial charge in [-0.3, -0.25) is 0 Å². The van der Waals surface area contributed by atoms with Crippen LogP contribution < -0.4 is 0 Å². The summed E-state index contributed by atoms with van der Waals surface area (Å²) in [6.07, 6.45) is 1.28. The third-order valence-electron chi connectivity index (χ3n) is 1.25. The van der Waals surface area contributed by atoms with Crippen LogP contribution in [0.3, 0.4) is 0 Å². The first-order valence-electron chi connectivity index (χ1n) is 5.69. The van der Waals surface area contributed by atoms with Crippen molar-refractivity contribution in [2.24, 2.45) is 0 Å². The third kappa shape index (κ3) is 31.4. The monoisotopic (exact) mass is 459 g/mol. The van der Waals surface area contributed by atoms with Crippen LogP contribution in [0.25, 0.3) is 0 Å². The largest absolute Gasteiger partial charge is 0.199 e.